The fraction of sp³-hybridized carbons (Fsp3) is 0.182. The average Bonchev–Trinajstić information content (AvgIpc) is 3.05. The van der Waals surface area contributed by atoms with Crippen molar-refractivity contribution in [3.63, 3.8) is 0 Å². The van der Waals surface area contributed by atoms with Gasteiger partial charge in [0.1, 0.15) is 0 Å². The van der Waals surface area contributed by atoms with Gasteiger partial charge in [0.15, 0.2) is 23.9 Å². The SMILES string of the molecule is COC(=O)COc1c(/C=C2/SC(=O)N(CC(=O)c3ccc(Cl)cc3)C2=O)cccc1OC. The summed E-state index contributed by atoms with van der Waals surface area (Å²) in [6.07, 6.45) is 1.45. The van der Waals surface area contributed by atoms with E-state index in [4.69, 9.17) is 21.1 Å². The van der Waals surface area contributed by atoms with Gasteiger partial charge in [-0.2, -0.15) is 0 Å². The zero-order chi connectivity index (χ0) is 23.3. The van der Waals surface area contributed by atoms with Gasteiger partial charge in [-0.25, -0.2) is 4.79 Å². The first kappa shape index (κ1) is 23.4. The second-order valence-corrected chi connectivity index (χ2v) is 7.87. The number of Topliss-reactive ketones (excluding diaryl/α,β-unsaturated/α-hetero) is 1. The third-order valence-corrected chi connectivity index (χ3v) is 5.58. The molecular weight excluding hydrogens is 458 g/mol. The second-order valence-electron chi connectivity index (χ2n) is 6.44. The first-order valence-electron chi connectivity index (χ1n) is 9.24. The predicted octanol–water partition coefficient (Wildman–Crippen LogP) is 3.82. The van der Waals surface area contributed by atoms with Crippen LogP contribution in [0.25, 0.3) is 6.08 Å². The molecule has 0 unspecified atom stereocenters. The van der Waals surface area contributed by atoms with Gasteiger partial charge in [-0.3, -0.25) is 19.3 Å². The average molecular weight is 476 g/mol. The summed E-state index contributed by atoms with van der Waals surface area (Å²) in [6.45, 7) is -0.762. The minimum atomic E-state index is -0.607. The van der Waals surface area contributed by atoms with Crippen molar-refractivity contribution in [1.29, 1.82) is 0 Å². The van der Waals surface area contributed by atoms with Gasteiger partial charge in [0.2, 0.25) is 0 Å². The van der Waals surface area contributed by atoms with Crippen molar-refractivity contribution in [2.75, 3.05) is 27.4 Å². The molecule has 0 N–H and O–H groups in total. The topological polar surface area (TPSA) is 99.2 Å². The summed E-state index contributed by atoms with van der Waals surface area (Å²) in [4.78, 5) is 50.2. The van der Waals surface area contributed by atoms with Crippen molar-refractivity contribution >= 4 is 52.3 Å². The van der Waals surface area contributed by atoms with E-state index in [9.17, 15) is 19.2 Å². The number of methoxy groups -OCH3 is 2. The Bertz CT molecular complexity index is 1100. The van der Waals surface area contributed by atoms with E-state index in [1.54, 1.807) is 30.3 Å². The van der Waals surface area contributed by atoms with Crippen LogP contribution in [0.2, 0.25) is 5.02 Å². The highest BCUT2D eigenvalue weighted by atomic mass is 35.5. The number of nitrogens with zero attached hydrogens (tertiary/aromatic N) is 1. The molecule has 1 fully saturated rings. The highest BCUT2D eigenvalue weighted by Crippen LogP contribution is 2.37. The van der Waals surface area contributed by atoms with Crippen LogP contribution in [0, 0.1) is 0 Å². The van der Waals surface area contributed by atoms with Crippen molar-refractivity contribution in [3.05, 3.63) is 63.5 Å². The lowest BCUT2D eigenvalue weighted by Gasteiger charge is -2.13. The Balaban J connectivity index is 1.83. The van der Waals surface area contributed by atoms with Crippen LogP contribution in [0.5, 0.6) is 11.5 Å². The van der Waals surface area contributed by atoms with Crippen LogP contribution in [-0.2, 0) is 14.3 Å². The molecule has 2 aromatic carbocycles. The third-order valence-electron chi connectivity index (χ3n) is 4.42. The Morgan fingerprint density at radius 1 is 1.09 bits per heavy atom. The Labute approximate surface area is 193 Å². The summed E-state index contributed by atoms with van der Waals surface area (Å²) in [5.74, 6) is -1.05. The van der Waals surface area contributed by atoms with Crippen molar-refractivity contribution in [1.82, 2.24) is 4.90 Å². The Morgan fingerprint density at radius 2 is 1.81 bits per heavy atom. The van der Waals surface area contributed by atoms with E-state index in [1.807, 2.05) is 0 Å². The Morgan fingerprint density at radius 3 is 2.47 bits per heavy atom. The standard InChI is InChI=1S/C22H18ClNO7S/c1-29-17-5-3-4-14(20(17)31-12-19(26)30-2)10-18-21(27)24(22(28)32-18)11-16(25)13-6-8-15(23)9-7-13/h3-10H,11-12H2,1-2H3/b18-10+. The van der Waals surface area contributed by atoms with Crippen molar-refractivity contribution in [2.45, 2.75) is 0 Å². The fourth-order valence-corrected chi connectivity index (χ4v) is 3.76. The summed E-state index contributed by atoms with van der Waals surface area (Å²) >= 11 is 6.53. The van der Waals surface area contributed by atoms with Crippen LogP contribution in [-0.4, -0.2) is 55.2 Å². The van der Waals surface area contributed by atoms with Gasteiger partial charge in [0.25, 0.3) is 11.1 Å². The fourth-order valence-electron chi connectivity index (χ4n) is 2.80. The van der Waals surface area contributed by atoms with Crippen LogP contribution in [0.3, 0.4) is 0 Å². The lowest BCUT2D eigenvalue weighted by molar-refractivity contribution is -0.143. The number of halogens is 1. The molecule has 10 heteroatoms. The molecule has 0 spiro atoms. The maximum atomic E-state index is 12.8. The van der Waals surface area contributed by atoms with Gasteiger partial charge in [0.05, 0.1) is 25.7 Å². The van der Waals surface area contributed by atoms with Gasteiger partial charge in [-0.1, -0.05) is 23.7 Å². The molecule has 8 nitrogen and oxygen atoms in total. The number of rotatable bonds is 8. The molecular formula is C22H18ClNO7S. The number of imide groups is 1. The molecule has 0 aromatic heterocycles. The number of amides is 2. The zero-order valence-electron chi connectivity index (χ0n) is 17.1. The predicted molar refractivity (Wildman–Crippen MR) is 119 cm³/mol. The largest absolute Gasteiger partial charge is 0.493 e. The van der Waals surface area contributed by atoms with Crippen LogP contribution in [0.1, 0.15) is 15.9 Å². The molecule has 1 aliphatic heterocycles. The van der Waals surface area contributed by atoms with E-state index >= 15 is 0 Å². The lowest BCUT2D eigenvalue weighted by Crippen LogP contribution is -2.33. The zero-order valence-corrected chi connectivity index (χ0v) is 18.7. The third kappa shape index (κ3) is 5.30. The number of ether oxygens (including phenoxy) is 3. The van der Waals surface area contributed by atoms with Gasteiger partial charge >= 0.3 is 5.97 Å². The smallest absolute Gasteiger partial charge is 0.343 e. The van der Waals surface area contributed by atoms with E-state index in [-0.39, 0.29) is 17.3 Å². The number of hydrogen-bond acceptors (Lipinski definition) is 8. The maximum absolute atomic E-state index is 12.8. The van der Waals surface area contributed by atoms with Crippen LogP contribution < -0.4 is 9.47 Å². The molecule has 0 bridgehead atoms. The number of esters is 1. The van der Waals surface area contributed by atoms with E-state index in [0.717, 1.165) is 4.90 Å². The Hall–Kier alpha value is -3.30. The molecule has 1 aliphatic rings. The van der Waals surface area contributed by atoms with Crippen LogP contribution in [0.4, 0.5) is 4.79 Å². The molecule has 2 aromatic rings. The minimum absolute atomic E-state index is 0.107. The summed E-state index contributed by atoms with van der Waals surface area (Å²) < 4.78 is 15.4. The van der Waals surface area contributed by atoms with E-state index in [1.165, 1.54) is 32.4 Å². The number of carbonyl (C=O) groups is 4. The van der Waals surface area contributed by atoms with Gasteiger partial charge in [-0.05, 0) is 48.2 Å². The first-order chi connectivity index (χ1) is 15.3. The number of ketones is 1. The molecule has 32 heavy (non-hydrogen) atoms. The van der Waals surface area contributed by atoms with Crippen LogP contribution >= 0.6 is 23.4 Å². The number of hydrogen-bond donors (Lipinski definition) is 0. The number of benzene rings is 2. The van der Waals surface area contributed by atoms with Gasteiger partial charge in [0, 0.05) is 16.1 Å². The number of thioether (sulfide) groups is 1. The number of carbonyl (C=O) groups excluding carboxylic acids is 4. The Kier molecular flexibility index (Phi) is 7.55. The molecule has 0 saturated carbocycles. The van der Waals surface area contributed by atoms with Crippen molar-refractivity contribution in [2.24, 2.45) is 0 Å². The highest BCUT2D eigenvalue weighted by molar-refractivity contribution is 8.18. The van der Waals surface area contributed by atoms with Gasteiger partial charge < -0.3 is 14.2 Å². The van der Waals surface area contributed by atoms with E-state index in [2.05, 4.69) is 4.74 Å². The summed E-state index contributed by atoms with van der Waals surface area (Å²) in [6, 6.07) is 11.1. The van der Waals surface area contributed by atoms with Crippen LogP contribution in [0.15, 0.2) is 47.4 Å². The van der Waals surface area contributed by atoms with E-state index in [0.29, 0.717) is 33.7 Å². The summed E-state index contributed by atoms with van der Waals surface area (Å²) in [5.41, 5.74) is 0.756. The molecule has 166 valence electrons. The highest BCUT2D eigenvalue weighted by Gasteiger charge is 2.36. The number of para-hydroxylation sites is 1. The summed E-state index contributed by atoms with van der Waals surface area (Å²) in [7, 11) is 2.66. The van der Waals surface area contributed by atoms with E-state index < -0.39 is 29.4 Å². The molecule has 0 radical (unpaired) electrons. The quantitative estimate of drug-likeness (QED) is 0.323. The first-order valence-corrected chi connectivity index (χ1v) is 10.4. The molecule has 0 atom stereocenters. The monoisotopic (exact) mass is 475 g/mol. The lowest BCUT2D eigenvalue weighted by atomic mass is 10.1. The summed E-state index contributed by atoms with van der Waals surface area (Å²) in [5, 5.41) is -0.0948. The minimum Gasteiger partial charge on any atom is -0.493 e. The normalized spacial score (nSPS) is 14.6. The molecule has 2 amide bonds. The van der Waals surface area contributed by atoms with Gasteiger partial charge in [-0.15, -0.1) is 0 Å². The molecule has 1 saturated heterocycles. The molecule has 1 heterocycles. The second kappa shape index (κ2) is 10.3. The molecule has 3 rings (SSSR count). The van der Waals surface area contributed by atoms with Crippen molar-refractivity contribution < 1.29 is 33.4 Å². The maximum Gasteiger partial charge on any atom is 0.343 e. The van der Waals surface area contributed by atoms with Crippen molar-refractivity contribution in [3.8, 4) is 11.5 Å². The molecule has 0 aliphatic carbocycles.